The van der Waals surface area contributed by atoms with E-state index in [2.05, 4.69) is 26.4 Å². The van der Waals surface area contributed by atoms with Crippen LogP contribution in [0.2, 0.25) is 0 Å². The summed E-state index contributed by atoms with van der Waals surface area (Å²) in [5, 5.41) is 14.4. The van der Waals surface area contributed by atoms with Crippen LogP contribution in [0.3, 0.4) is 0 Å². The number of nitrogens with two attached hydrogens (primary N) is 1. The van der Waals surface area contributed by atoms with Crippen LogP contribution in [0.25, 0.3) is 0 Å². The summed E-state index contributed by atoms with van der Waals surface area (Å²) >= 11 is 4.67. The van der Waals surface area contributed by atoms with E-state index < -0.39 is 0 Å². The van der Waals surface area contributed by atoms with E-state index >= 15 is 0 Å². The zero-order valence-corrected chi connectivity index (χ0v) is 13.0. The van der Waals surface area contributed by atoms with Crippen molar-refractivity contribution in [3.05, 3.63) is 50.1 Å². The summed E-state index contributed by atoms with van der Waals surface area (Å²) in [7, 11) is 0. The lowest BCUT2D eigenvalue weighted by Gasteiger charge is -2.09. The highest BCUT2D eigenvalue weighted by Gasteiger charge is 2.11. The van der Waals surface area contributed by atoms with E-state index in [1.165, 1.54) is 11.3 Å². The molecule has 104 valence electrons. The first-order valence-electron chi connectivity index (χ1n) is 5.66. The van der Waals surface area contributed by atoms with Gasteiger partial charge in [0.05, 0.1) is 8.66 Å². The molecule has 5 nitrogen and oxygen atoms in total. The smallest absolute Gasteiger partial charge is 0.265 e. The lowest BCUT2D eigenvalue weighted by molar-refractivity contribution is 0.103. The molecule has 0 fully saturated rings. The summed E-state index contributed by atoms with van der Waals surface area (Å²) in [5.41, 5.74) is 7.60. The van der Waals surface area contributed by atoms with Crippen molar-refractivity contribution in [1.29, 1.82) is 0 Å². The highest BCUT2D eigenvalue weighted by atomic mass is 79.9. The number of nitrogens with one attached hydrogen (secondary N) is 1. The van der Waals surface area contributed by atoms with Crippen molar-refractivity contribution in [3.8, 4) is 0 Å². The maximum absolute atomic E-state index is 12.1. The predicted octanol–water partition coefficient (Wildman–Crippen LogP) is 3.17. The molecule has 20 heavy (non-hydrogen) atoms. The van der Waals surface area contributed by atoms with Crippen LogP contribution in [0, 0.1) is 6.92 Å². The molecule has 0 spiro atoms. The van der Waals surface area contributed by atoms with Gasteiger partial charge in [-0.25, -0.2) is 0 Å². The van der Waals surface area contributed by atoms with Crippen molar-refractivity contribution >= 4 is 44.7 Å². The fourth-order valence-corrected chi connectivity index (χ4v) is 2.88. The van der Waals surface area contributed by atoms with Gasteiger partial charge in [0.25, 0.3) is 5.91 Å². The number of benzene rings is 1. The second kappa shape index (κ2) is 6.06. The summed E-state index contributed by atoms with van der Waals surface area (Å²) in [6, 6.07) is 8.76. The number of hydrogen-bond donors (Lipinski definition) is 3. The van der Waals surface area contributed by atoms with Crippen LogP contribution < -0.4 is 11.1 Å². The van der Waals surface area contributed by atoms with Gasteiger partial charge in [-0.2, -0.15) is 0 Å². The molecular formula is C13H12BrN3O2S. The number of hydrogen-bond acceptors (Lipinski definition) is 4. The van der Waals surface area contributed by atoms with Gasteiger partial charge < -0.3 is 16.3 Å². The van der Waals surface area contributed by atoms with E-state index in [0.717, 1.165) is 9.35 Å². The Morgan fingerprint density at radius 3 is 2.75 bits per heavy atom. The van der Waals surface area contributed by atoms with Crippen molar-refractivity contribution < 1.29 is 10.0 Å². The van der Waals surface area contributed by atoms with Gasteiger partial charge >= 0.3 is 0 Å². The number of carbonyl (C=O) groups is 1. The summed E-state index contributed by atoms with van der Waals surface area (Å²) in [6.07, 6.45) is 0. The number of amidine groups is 1. The van der Waals surface area contributed by atoms with Gasteiger partial charge in [0.2, 0.25) is 0 Å². The standard InChI is InChI=1S/C13H12BrN3O2S/c1-7-2-3-8(12(15)17-19)6-9(7)16-13(18)10-4-5-11(14)20-10/h2-6,19H,1H3,(H2,15,17)(H,16,18). The van der Waals surface area contributed by atoms with E-state index in [9.17, 15) is 4.79 Å². The van der Waals surface area contributed by atoms with Crippen molar-refractivity contribution in [2.45, 2.75) is 6.92 Å². The van der Waals surface area contributed by atoms with E-state index in [4.69, 9.17) is 10.9 Å². The molecule has 0 unspecified atom stereocenters. The number of oxime groups is 1. The van der Waals surface area contributed by atoms with Gasteiger partial charge in [0.1, 0.15) is 0 Å². The second-order valence-electron chi connectivity index (χ2n) is 4.07. The Kier molecular flexibility index (Phi) is 4.41. The molecule has 4 N–H and O–H groups in total. The first-order chi connectivity index (χ1) is 9.51. The SMILES string of the molecule is Cc1ccc(C(N)=NO)cc1NC(=O)c1ccc(Br)s1. The second-order valence-corrected chi connectivity index (χ2v) is 6.54. The molecular weight excluding hydrogens is 342 g/mol. The highest BCUT2D eigenvalue weighted by Crippen LogP contribution is 2.24. The minimum absolute atomic E-state index is 0.000586. The molecule has 1 amide bonds. The predicted molar refractivity (Wildman–Crippen MR) is 83.7 cm³/mol. The molecule has 0 aliphatic carbocycles. The lowest BCUT2D eigenvalue weighted by atomic mass is 10.1. The number of nitrogens with zero attached hydrogens (tertiary/aromatic N) is 1. The molecule has 7 heteroatoms. The number of thiophene rings is 1. The zero-order valence-electron chi connectivity index (χ0n) is 10.6. The quantitative estimate of drug-likeness (QED) is 0.342. The van der Waals surface area contributed by atoms with E-state index in [1.807, 2.05) is 13.0 Å². The van der Waals surface area contributed by atoms with Gasteiger partial charge in [-0.1, -0.05) is 17.3 Å². The maximum atomic E-state index is 12.1. The fourth-order valence-electron chi connectivity index (χ4n) is 1.59. The topological polar surface area (TPSA) is 87.7 Å². The molecule has 0 aliphatic heterocycles. The number of carbonyl (C=O) groups excluding carboxylic acids is 1. The summed E-state index contributed by atoms with van der Waals surface area (Å²) in [4.78, 5) is 12.7. The van der Waals surface area contributed by atoms with Gasteiger partial charge in [-0.05, 0) is 46.6 Å². The molecule has 0 saturated carbocycles. The Hall–Kier alpha value is -1.86. The van der Waals surface area contributed by atoms with Crippen LogP contribution >= 0.6 is 27.3 Å². The molecule has 0 aliphatic rings. The average Bonchev–Trinajstić information content (AvgIpc) is 2.87. The molecule has 1 aromatic carbocycles. The largest absolute Gasteiger partial charge is 0.409 e. The lowest BCUT2D eigenvalue weighted by Crippen LogP contribution is -2.15. The molecule has 2 aromatic rings. The van der Waals surface area contributed by atoms with Crippen LogP contribution in [0.4, 0.5) is 5.69 Å². The van der Waals surface area contributed by atoms with Gasteiger partial charge in [0, 0.05) is 11.3 Å². The van der Waals surface area contributed by atoms with Gasteiger partial charge in [0.15, 0.2) is 5.84 Å². The third-order valence-electron chi connectivity index (χ3n) is 2.69. The van der Waals surface area contributed by atoms with Gasteiger partial charge in [-0.3, -0.25) is 4.79 Å². The monoisotopic (exact) mass is 353 g/mol. The first-order valence-corrected chi connectivity index (χ1v) is 7.27. The van der Waals surface area contributed by atoms with Crippen LogP contribution in [-0.2, 0) is 0 Å². The van der Waals surface area contributed by atoms with E-state index in [0.29, 0.717) is 16.1 Å². The van der Waals surface area contributed by atoms with Gasteiger partial charge in [-0.15, -0.1) is 11.3 Å². The Bertz CT molecular complexity index is 682. The third-order valence-corrected chi connectivity index (χ3v) is 4.31. The molecule has 1 aromatic heterocycles. The number of halogens is 1. The minimum Gasteiger partial charge on any atom is -0.409 e. The highest BCUT2D eigenvalue weighted by molar-refractivity contribution is 9.11. The van der Waals surface area contributed by atoms with Crippen LogP contribution in [0.5, 0.6) is 0 Å². The number of anilines is 1. The van der Waals surface area contributed by atoms with Crippen molar-refractivity contribution in [3.63, 3.8) is 0 Å². The number of aryl methyl sites for hydroxylation is 1. The van der Waals surface area contributed by atoms with Crippen LogP contribution in [0.15, 0.2) is 39.3 Å². The van der Waals surface area contributed by atoms with E-state index in [1.54, 1.807) is 24.3 Å². The molecule has 0 atom stereocenters. The van der Waals surface area contributed by atoms with Crippen molar-refractivity contribution in [1.82, 2.24) is 0 Å². The molecule has 2 rings (SSSR count). The summed E-state index contributed by atoms with van der Waals surface area (Å²) in [6.45, 7) is 1.87. The Balaban J connectivity index is 2.26. The Labute approximate surface area is 128 Å². The minimum atomic E-state index is -0.194. The molecule has 0 saturated heterocycles. The third kappa shape index (κ3) is 3.17. The number of rotatable bonds is 3. The fraction of sp³-hybridized carbons (Fsp3) is 0.0769. The maximum Gasteiger partial charge on any atom is 0.265 e. The Morgan fingerprint density at radius 1 is 1.40 bits per heavy atom. The summed E-state index contributed by atoms with van der Waals surface area (Å²) < 4.78 is 0.893. The van der Waals surface area contributed by atoms with Crippen molar-refractivity contribution in [2.24, 2.45) is 10.9 Å². The molecule has 1 heterocycles. The average molecular weight is 354 g/mol. The van der Waals surface area contributed by atoms with E-state index in [-0.39, 0.29) is 11.7 Å². The number of amides is 1. The summed E-state index contributed by atoms with van der Waals surface area (Å²) in [5.74, 6) is -0.195. The normalized spacial score (nSPS) is 11.4. The van der Waals surface area contributed by atoms with Crippen molar-refractivity contribution in [2.75, 3.05) is 5.32 Å². The first kappa shape index (κ1) is 14.5. The van der Waals surface area contributed by atoms with Crippen LogP contribution in [-0.4, -0.2) is 17.0 Å². The Morgan fingerprint density at radius 2 is 2.15 bits per heavy atom. The molecule has 0 radical (unpaired) electrons. The zero-order chi connectivity index (χ0) is 14.7. The van der Waals surface area contributed by atoms with Crippen LogP contribution in [0.1, 0.15) is 20.8 Å². The molecule has 0 bridgehead atoms.